The predicted octanol–water partition coefficient (Wildman–Crippen LogP) is 5.84. The monoisotopic (exact) mass is 482 g/mol. The molecule has 2 N–H and O–H groups in total. The lowest BCUT2D eigenvalue weighted by molar-refractivity contribution is -0.118. The van der Waals surface area contributed by atoms with Crippen molar-refractivity contribution < 1.29 is 23.9 Å². The second kappa shape index (κ2) is 11.4. The summed E-state index contributed by atoms with van der Waals surface area (Å²) < 4.78 is 10.7. The van der Waals surface area contributed by atoms with Crippen LogP contribution in [-0.2, 0) is 20.7 Å². The lowest BCUT2D eigenvalue weighted by atomic mass is 9.99. The van der Waals surface area contributed by atoms with Gasteiger partial charge in [-0.05, 0) is 82.9 Å². The second-order valence-electron chi connectivity index (χ2n) is 10.9. The summed E-state index contributed by atoms with van der Waals surface area (Å²) in [6.07, 6.45) is -0.379. The minimum absolute atomic E-state index is 0.291. The van der Waals surface area contributed by atoms with E-state index in [1.807, 2.05) is 24.3 Å². The maximum absolute atomic E-state index is 13.1. The molecule has 0 spiro atoms. The van der Waals surface area contributed by atoms with Crippen molar-refractivity contribution in [2.45, 2.75) is 85.0 Å². The van der Waals surface area contributed by atoms with Gasteiger partial charge in [0.25, 0.3) is 0 Å². The van der Waals surface area contributed by atoms with Crippen LogP contribution in [0.4, 0.5) is 10.5 Å². The van der Waals surface area contributed by atoms with E-state index in [1.54, 1.807) is 65.8 Å². The van der Waals surface area contributed by atoms with Gasteiger partial charge in [0.15, 0.2) is 0 Å². The molecule has 0 heterocycles. The first-order valence-corrected chi connectivity index (χ1v) is 11.9. The van der Waals surface area contributed by atoms with Crippen molar-refractivity contribution >= 4 is 23.7 Å². The molecule has 0 radical (unpaired) electrons. The number of carbonyl (C=O) groups is 3. The maximum Gasteiger partial charge on any atom is 0.408 e. The normalized spacial score (nSPS) is 12.6. The van der Waals surface area contributed by atoms with E-state index in [0.717, 1.165) is 5.56 Å². The number of alkyl carbamates (subject to hydrolysis) is 1. The highest BCUT2D eigenvalue weighted by molar-refractivity contribution is 5.97. The number of benzene rings is 2. The standard InChI is InChI=1S/C28H38N2O5/c1-18(2)20-11-9-19(10-12-20)17-23(30-26(33)35-28(6,7)8)24(31)29-22-15-13-21(14-16-22)25(32)34-27(3,4)5/h9-16,18,23H,17H2,1-8H3,(H,29,31)(H,30,33). The van der Waals surface area contributed by atoms with E-state index in [0.29, 0.717) is 23.6 Å². The molecule has 0 bridgehead atoms. The quantitative estimate of drug-likeness (QED) is 0.484. The highest BCUT2D eigenvalue weighted by Gasteiger charge is 2.25. The average molecular weight is 483 g/mol. The van der Waals surface area contributed by atoms with Gasteiger partial charge < -0.3 is 20.1 Å². The number of ether oxygens (including phenoxy) is 2. The lowest BCUT2D eigenvalue weighted by Gasteiger charge is -2.23. The summed E-state index contributed by atoms with van der Waals surface area (Å²) in [6.45, 7) is 14.9. The van der Waals surface area contributed by atoms with Gasteiger partial charge in [0.1, 0.15) is 17.2 Å². The molecule has 2 amide bonds. The van der Waals surface area contributed by atoms with Crippen LogP contribution in [0.5, 0.6) is 0 Å². The average Bonchev–Trinajstić information content (AvgIpc) is 2.71. The zero-order valence-corrected chi connectivity index (χ0v) is 22.0. The van der Waals surface area contributed by atoms with Crippen molar-refractivity contribution in [1.82, 2.24) is 5.32 Å². The van der Waals surface area contributed by atoms with Crippen LogP contribution in [0, 0.1) is 0 Å². The van der Waals surface area contributed by atoms with Crippen molar-refractivity contribution in [3.05, 3.63) is 65.2 Å². The second-order valence-corrected chi connectivity index (χ2v) is 10.9. The number of carbonyl (C=O) groups excluding carboxylic acids is 3. The fraction of sp³-hybridized carbons (Fsp3) is 0.464. The van der Waals surface area contributed by atoms with Gasteiger partial charge in [0, 0.05) is 12.1 Å². The first-order chi connectivity index (χ1) is 16.1. The summed E-state index contributed by atoms with van der Waals surface area (Å²) in [7, 11) is 0. The summed E-state index contributed by atoms with van der Waals surface area (Å²) in [6, 6.07) is 13.5. The van der Waals surface area contributed by atoms with E-state index in [-0.39, 0.29) is 0 Å². The molecule has 2 aromatic rings. The molecule has 1 atom stereocenters. The van der Waals surface area contributed by atoms with E-state index in [4.69, 9.17) is 9.47 Å². The number of nitrogens with one attached hydrogen (secondary N) is 2. The van der Waals surface area contributed by atoms with Crippen LogP contribution in [0.3, 0.4) is 0 Å². The van der Waals surface area contributed by atoms with Crippen molar-refractivity contribution in [2.75, 3.05) is 5.32 Å². The largest absolute Gasteiger partial charge is 0.456 e. The minimum atomic E-state index is -0.861. The van der Waals surface area contributed by atoms with E-state index < -0.39 is 35.2 Å². The Morgan fingerprint density at radius 2 is 1.34 bits per heavy atom. The molecule has 0 aromatic heterocycles. The number of hydrogen-bond donors (Lipinski definition) is 2. The molecule has 2 aromatic carbocycles. The Bertz CT molecular complexity index is 1010. The van der Waals surface area contributed by atoms with Gasteiger partial charge in [-0.1, -0.05) is 38.1 Å². The van der Waals surface area contributed by atoms with E-state index >= 15 is 0 Å². The Kier molecular flexibility index (Phi) is 9.07. The Hall–Kier alpha value is -3.35. The fourth-order valence-electron chi connectivity index (χ4n) is 3.19. The SMILES string of the molecule is CC(C)c1ccc(CC(NC(=O)OC(C)(C)C)C(=O)Nc2ccc(C(=O)OC(C)(C)C)cc2)cc1. The van der Waals surface area contributed by atoms with Crippen molar-refractivity contribution in [3.63, 3.8) is 0 Å². The smallest absolute Gasteiger partial charge is 0.408 e. The molecule has 0 fully saturated rings. The first kappa shape index (κ1) is 27.9. The van der Waals surface area contributed by atoms with Crippen LogP contribution in [0.15, 0.2) is 48.5 Å². The molecule has 0 aliphatic carbocycles. The number of esters is 1. The van der Waals surface area contributed by atoms with Crippen molar-refractivity contribution in [2.24, 2.45) is 0 Å². The third kappa shape index (κ3) is 9.81. The topological polar surface area (TPSA) is 93.7 Å². The van der Waals surface area contributed by atoms with Gasteiger partial charge in [0.2, 0.25) is 5.91 Å². The van der Waals surface area contributed by atoms with Crippen LogP contribution in [-0.4, -0.2) is 35.2 Å². The van der Waals surface area contributed by atoms with Crippen LogP contribution in [0.1, 0.15) is 82.8 Å². The van der Waals surface area contributed by atoms with E-state index in [2.05, 4.69) is 24.5 Å². The zero-order chi connectivity index (χ0) is 26.4. The van der Waals surface area contributed by atoms with Gasteiger partial charge in [0.05, 0.1) is 5.56 Å². The number of rotatable bonds is 7. The third-order valence-corrected chi connectivity index (χ3v) is 4.88. The maximum atomic E-state index is 13.1. The molecule has 0 saturated carbocycles. The van der Waals surface area contributed by atoms with E-state index in [1.165, 1.54) is 5.56 Å². The molecule has 7 nitrogen and oxygen atoms in total. The van der Waals surface area contributed by atoms with Gasteiger partial charge in [-0.25, -0.2) is 9.59 Å². The summed E-state index contributed by atoms with van der Waals surface area (Å²) >= 11 is 0. The molecule has 190 valence electrons. The highest BCUT2D eigenvalue weighted by Crippen LogP contribution is 2.18. The molecule has 0 saturated heterocycles. The molecular weight excluding hydrogens is 444 g/mol. The van der Waals surface area contributed by atoms with Crippen LogP contribution >= 0.6 is 0 Å². The first-order valence-electron chi connectivity index (χ1n) is 11.9. The Labute approximate surface area is 208 Å². The molecular formula is C28H38N2O5. The Morgan fingerprint density at radius 1 is 0.800 bits per heavy atom. The highest BCUT2D eigenvalue weighted by atomic mass is 16.6. The van der Waals surface area contributed by atoms with Gasteiger partial charge in [-0.15, -0.1) is 0 Å². The number of amides is 2. The van der Waals surface area contributed by atoms with Gasteiger partial charge >= 0.3 is 12.1 Å². The lowest BCUT2D eigenvalue weighted by Crippen LogP contribution is -2.47. The van der Waals surface area contributed by atoms with Gasteiger partial charge in [-0.2, -0.15) is 0 Å². The van der Waals surface area contributed by atoms with Crippen molar-refractivity contribution in [1.29, 1.82) is 0 Å². The summed E-state index contributed by atoms with van der Waals surface area (Å²) in [5, 5.41) is 5.50. The Morgan fingerprint density at radius 3 is 1.83 bits per heavy atom. The number of hydrogen-bond acceptors (Lipinski definition) is 5. The third-order valence-electron chi connectivity index (χ3n) is 4.88. The van der Waals surface area contributed by atoms with Crippen LogP contribution in [0.25, 0.3) is 0 Å². The molecule has 1 unspecified atom stereocenters. The summed E-state index contributed by atoms with van der Waals surface area (Å²) in [5.74, 6) is -0.440. The molecule has 7 heteroatoms. The van der Waals surface area contributed by atoms with Crippen molar-refractivity contribution in [3.8, 4) is 0 Å². The van der Waals surface area contributed by atoms with E-state index in [9.17, 15) is 14.4 Å². The molecule has 2 rings (SSSR count). The van der Waals surface area contributed by atoms with Crippen LogP contribution < -0.4 is 10.6 Å². The molecule has 0 aliphatic rings. The summed E-state index contributed by atoms with van der Waals surface area (Å²) in [4.78, 5) is 37.8. The Balaban J connectivity index is 2.16. The molecule has 0 aliphatic heterocycles. The fourth-order valence-corrected chi connectivity index (χ4v) is 3.19. The van der Waals surface area contributed by atoms with Gasteiger partial charge in [-0.3, -0.25) is 4.79 Å². The number of anilines is 1. The minimum Gasteiger partial charge on any atom is -0.456 e. The molecule has 35 heavy (non-hydrogen) atoms. The van der Waals surface area contributed by atoms with Crippen LogP contribution in [0.2, 0.25) is 0 Å². The predicted molar refractivity (Wildman–Crippen MR) is 138 cm³/mol. The summed E-state index contributed by atoms with van der Waals surface area (Å²) in [5.41, 5.74) is 1.69. The zero-order valence-electron chi connectivity index (χ0n) is 22.0.